The molecule has 0 radical (unpaired) electrons. The van der Waals surface area contributed by atoms with E-state index in [1.54, 1.807) is 0 Å². The first kappa shape index (κ1) is 22.4. The zero-order valence-electron chi connectivity index (χ0n) is 16.3. The van der Waals surface area contributed by atoms with E-state index in [0.29, 0.717) is 13.2 Å². The molecule has 0 aliphatic carbocycles. The lowest BCUT2D eigenvalue weighted by Crippen LogP contribution is -2.51. The second kappa shape index (κ2) is 10.5. The van der Waals surface area contributed by atoms with Crippen molar-refractivity contribution in [2.45, 2.75) is 52.7 Å². The van der Waals surface area contributed by atoms with E-state index < -0.39 is 29.1 Å². The van der Waals surface area contributed by atoms with Gasteiger partial charge in [-0.05, 0) is 12.8 Å². The second-order valence-corrected chi connectivity index (χ2v) is 7.21. The maximum absolute atomic E-state index is 11.5. The van der Waals surface area contributed by atoms with Crippen molar-refractivity contribution in [3.8, 4) is 0 Å². The molecule has 0 aromatic heterocycles. The summed E-state index contributed by atoms with van der Waals surface area (Å²) in [5, 5.41) is 0. The monoisotopic (exact) mass is 368 g/mol. The van der Waals surface area contributed by atoms with E-state index in [9.17, 15) is 9.59 Å². The molecule has 0 aromatic rings. The van der Waals surface area contributed by atoms with E-state index in [2.05, 4.69) is 20.1 Å². The summed E-state index contributed by atoms with van der Waals surface area (Å²) in [6.45, 7) is 14.1. The molecule has 1 rings (SSSR count). The summed E-state index contributed by atoms with van der Waals surface area (Å²) >= 11 is 0. The number of carbonyl (C=O) groups is 2. The Hall–Kier alpha value is -1.66. The molecular weight excluding hydrogens is 336 g/mol. The van der Waals surface area contributed by atoms with Crippen LogP contribution in [0, 0.1) is 10.8 Å². The van der Waals surface area contributed by atoms with Crippen LogP contribution < -0.4 is 0 Å². The summed E-state index contributed by atoms with van der Waals surface area (Å²) in [5.41, 5.74) is -0.828. The summed E-state index contributed by atoms with van der Waals surface area (Å²) in [6, 6.07) is 0. The molecule has 1 aliphatic rings. The van der Waals surface area contributed by atoms with Gasteiger partial charge in [-0.2, -0.15) is 0 Å². The number of esters is 2. The summed E-state index contributed by atoms with van der Waals surface area (Å²) in [5.74, 6) is -0.910. The topological polar surface area (TPSA) is 71.1 Å². The summed E-state index contributed by atoms with van der Waals surface area (Å²) in [7, 11) is 0. The van der Waals surface area contributed by atoms with Crippen molar-refractivity contribution in [2.75, 3.05) is 26.4 Å². The smallest absolute Gasteiger partial charge is 0.330 e. The Labute approximate surface area is 156 Å². The Kier molecular flexibility index (Phi) is 9.02. The van der Waals surface area contributed by atoms with E-state index in [1.807, 2.05) is 13.8 Å². The molecule has 0 aromatic carbocycles. The van der Waals surface area contributed by atoms with E-state index in [1.165, 1.54) is 0 Å². The van der Waals surface area contributed by atoms with Gasteiger partial charge in [-0.3, -0.25) is 0 Å². The van der Waals surface area contributed by atoms with E-state index >= 15 is 0 Å². The summed E-state index contributed by atoms with van der Waals surface area (Å²) in [4.78, 5) is 22.8. The van der Waals surface area contributed by atoms with Crippen molar-refractivity contribution in [1.82, 2.24) is 0 Å². The van der Waals surface area contributed by atoms with E-state index in [4.69, 9.17) is 18.9 Å². The minimum Gasteiger partial charge on any atom is -0.462 e. The molecule has 0 N–H and O–H groups in total. The molecule has 0 spiro atoms. The molecule has 6 nitrogen and oxygen atoms in total. The first-order valence-corrected chi connectivity index (χ1v) is 9.16. The number of ether oxygens (including phenoxy) is 4. The Balaban J connectivity index is 2.76. The number of unbranched alkanes of at least 4 members (excludes halogenated alkanes) is 1. The molecule has 1 heterocycles. The summed E-state index contributed by atoms with van der Waals surface area (Å²) < 4.78 is 22.5. The van der Waals surface area contributed by atoms with Gasteiger partial charge >= 0.3 is 11.9 Å². The Bertz CT molecular complexity index is 493. The van der Waals surface area contributed by atoms with E-state index in [0.717, 1.165) is 37.8 Å². The van der Waals surface area contributed by atoms with Gasteiger partial charge < -0.3 is 18.9 Å². The van der Waals surface area contributed by atoms with Crippen LogP contribution in [0.4, 0.5) is 0 Å². The van der Waals surface area contributed by atoms with Crippen LogP contribution in [0.5, 0.6) is 0 Å². The first-order chi connectivity index (χ1) is 12.3. The lowest BCUT2D eigenvalue weighted by atomic mass is 9.79. The van der Waals surface area contributed by atoms with Crippen LogP contribution in [-0.4, -0.2) is 44.7 Å². The Morgan fingerprint density at radius 1 is 1.15 bits per heavy atom. The van der Waals surface area contributed by atoms with Gasteiger partial charge in [-0.25, -0.2) is 9.59 Å². The number of carbonyl (C=O) groups excluding carboxylic acids is 2. The molecule has 1 unspecified atom stereocenters. The minimum atomic E-state index is -0.472. The first-order valence-electron chi connectivity index (χ1n) is 9.16. The number of hydrogen-bond acceptors (Lipinski definition) is 6. The van der Waals surface area contributed by atoms with Crippen LogP contribution in [0.15, 0.2) is 25.3 Å². The van der Waals surface area contributed by atoms with Crippen LogP contribution in [0.1, 0.15) is 46.5 Å². The van der Waals surface area contributed by atoms with E-state index in [-0.39, 0.29) is 13.2 Å². The molecule has 1 atom stereocenters. The molecular formula is C20H32O6. The number of hydrogen-bond donors (Lipinski definition) is 0. The molecule has 148 valence electrons. The Morgan fingerprint density at radius 2 is 1.73 bits per heavy atom. The van der Waals surface area contributed by atoms with Crippen LogP contribution in [0.2, 0.25) is 0 Å². The highest BCUT2D eigenvalue weighted by Crippen LogP contribution is 2.40. The van der Waals surface area contributed by atoms with Crippen LogP contribution in [-0.2, 0) is 28.5 Å². The average molecular weight is 368 g/mol. The zero-order chi connectivity index (χ0) is 19.6. The van der Waals surface area contributed by atoms with Gasteiger partial charge in [0.25, 0.3) is 0 Å². The van der Waals surface area contributed by atoms with Crippen LogP contribution in [0.25, 0.3) is 0 Å². The zero-order valence-corrected chi connectivity index (χ0v) is 16.3. The van der Waals surface area contributed by atoms with Crippen molar-refractivity contribution < 1.29 is 28.5 Å². The van der Waals surface area contributed by atoms with Gasteiger partial charge in [-0.15, -0.1) is 0 Å². The highest BCUT2D eigenvalue weighted by Gasteiger charge is 2.45. The van der Waals surface area contributed by atoms with Crippen molar-refractivity contribution in [2.24, 2.45) is 10.8 Å². The van der Waals surface area contributed by atoms with Crippen molar-refractivity contribution in [3.05, 3.63) is 25.3 Å². The highest BCUT2D eigenvalue weighted by molar-refractivity contribution is 5.81. The maximum Gasteiger partial charge on any atom is 0.330 e. The van der Waals surface area contributed by atoms with Crippen molar-refractivity contribution in [3.63, 3.8) is 0 Å². The van der Waals surface area contributed by atoms with Gasteiger partial charge in [0.05, 0.1) is 18.6 Å². The molecule has 0 bridgehead atoms. The van der Waals surface area contributed by atoms with Gasteiger partial charge in [0.2, 0.25) is 0 Å². The molecule has 0 amide bonds. The minimum absolute atomic E-state index is 0.199. The predicted octanol–water partition coefficient (Wildman–Crippen LogP) is 3.41. The average Bonchev–Trinajstić information content (AvgIpc) is 2.67. The molecule has 1 saturated heterocycles. The molecule has 6 heteroatoms. The molecule has 0 saturated carbocycles. The van der Waals surface area contributed by atoms with Crippen molar-refractivity contribution in [1.29, 1.82) is 0 Å². The molecule has 1 fully saturated rings. The number of rotatable bonds is 11. The third-order valence-corrected chi connectivity index (χ3v) is 4.80. The second-order valence-electron chi connectivity index (χ2n) is 7.21. The largest absolute Gasteiger partial charge is 0.462 e. The van der Waals surface area contributed by atoms with Gasteiger partial charge in [0, 0.05) is 17.6 Å². The molecule has 26 heavy (non-hydrogen) atoms. The third kappa shape index (κ3) is 6.25. The lowest BCUT2D eigenvalue weighted by Gasteiger charge is -2.45. The van der Waals surface area contributed by atoms with Gasteiger partial charge in [-0.1, -0.05) is 46.8 Å². The fourth-order valence-electron chi connectivity index (χ4n) is 2.89. The fraction of sp³-hybridized carbons (Fsp3) is 0.700. The predicted molar refractivity (Wildman–Crippen MR) is 98.4 cm³/mol. The Morgan fingerprint density at radius 3 is 2.23 bits per heavy atom. The van der Waals surface area contributed by atoms with Crippen molar-refractivity contribution >= 4 is 11.9 Å². The van der Waals surface area contributed by atoms with Crippen LogP contribution in [0.3, 0.4) is 0 Å². The van der Waals surface area contributed by atoms with Crippen LogP contribution >= 0.6 is 0 Å². The summed E-state index contributed by atoms with van der Waals surface area (Å²) in [6.07, 6.45) is 5.42. The quantitative estimate of drug-likeness (QED) is 0.411. The SMILES string of the molecule is C=CC(=O)OCC1(C)COC(C(CC)(CCCC)COC(=O)C=C)OC1. The molecule has 1 aliphatic heterocycles. The standard InChI is InChI=1S/C20H32O6/c1-6-10-11-20(9-4,15-24-17(22)8-3)18-25-13-19(5,14-26-18)12-23-16(21)7-2/h7-8,18H,2-3,6,9-15H2,1,4-5H3. The van der Waals surface area contributed by atoms with Gasteiger partial charge in [0.1, 0.15) is 13.2 Å². The fourth-order valence-corrected chi connectivity index (χ4v) is 2.89. The normalized spacial score (nSPS) is 25.0. The maximum atomic E-state index is 11.5. The highest BCUT2D eigenvalue weighted by atomic mass is 16.7. The third-order valence-electron chi connectivity index (χ3n) is 4.80. The van der Waals surface area contributed by atoms with Gasteiger partial charge in [0.15, 0.2) is 6.29 Å². The lowest BCUT2D eigenvalue weighted by molar-refractivity contribution is -0.285.